The van der Waals surface area contributed by atoms with E-state index in [2.05, 4.69) is 79.3 Å². The van der Waals surface area contributed by atoms with Crippen LogP contribution in [0.25, 0.3) is 11.2 Å². The Kier molecular flexibility index (Phi) is 7.26. The second-order valence-electron chi connectivity index (χ2n) is 9.55. The topological polar surface area (TPSA) is 60.2 Å². The van der Waals surface area contributed by atoms with Crippen molar-refractivity contribution in [3.8, 4) is 0 Å². The van der Waals surface area contributed by atoms with Crippen molar-refractivity contribution in [1.82, 2.24) is 14.5 Å². The molecule has 4 rings (SSSR count). The predicted octanol–water partition coefficient (Wildman–Crippen LogP) is 4.42. The Balaban J connectivity index is 1.53. The van der Waals surface area contributed by atoms with Crippen LogP contribution in [0.15, 0.2) is 72.9 Å². The van der Waals surface area contributed by atoms with Crippen molar-refractivity contribution >= 4 is 29.9 Å². The van der Waals surface area contributed by atoms with Crippen molar-refractivity contribution in [2.24, 2.45) is 0 Å². The fourth-order valence-corrected chi connectivity index (χ4v) is 9.35. The van der Waals surface area contributed by atoms with Crippen LogP contribution in [0.3, 0.4) is 0 Å². The number of fused-ring (bicyclic) bond motifs is 1. The maximum absolute atomic E-state index is 13.5. The van der Waals surface area contributed by atoms with E-state index in [4.69, 9.17) is 4.43 Å². The Morgan fingerprint density at radius 3 is 2.15 bits per heavy atom. The van der Waals surface area contributed by atoms with Crippen molar-refractivity contribution in [2.75, 3.05) is 6.61 Å². The quantitative estimate of drug-likeness (QED) is 0.286. The minimum atomic E-state index is -2.55. The largest absolute Gasteiger partial charge is 0.558 e. The lowest BCUT2D eigenvalue weighted by Crippen LogP contribution is -2.66. The van der Waals surface area contributed by atoms with Crippen LogP contribution >= 0.6 is 0 Å². The summed E-state index contributed by atoms with van der Waals surface area (Å²) in [5.74, 6) is 0.0707. The van der Waals surface area contributed by atoms with Gasteiger partial charge in [0.15, 0.2) is 5.65 Å². The second kappa shape index (κ2) is 10.2. The molecule has 1 N–H and O–H groups in total. The van der Waals surface area contributed by atoms with Crippen LogP contribution in [0.4, 0.5) is 4.39 Å². The van der Waals surface area contributed by atoms with Gasteiger partial charge in [0.25, 0.3) is 0 Å². The average molecular weight is 478 g/mol. The molecule has 4 aromatic rings. The second-order valence-corrected chi connectivity index (χ2v) is 13.9. The molecule has 0 bridgehead atoms. The molecule has 0 unspecified atom stereocenters. The van der Waals surface area contributed by atoms with E-state index in [0.717, 1.165) is 12.8 Å². The minimum Gasteiger partial charge on any atom is -0.558 e. The Hall–Kier alpha value is -2.87. The van der Waals surface area contributed by atoms with E-state index < -0.39 is 14.1 Å². The van der Waals surface area contributed by atoms with E-state index in [1.807, 2.05) is 16.7 Å². The summed E-state index contributed by atoms with van der Waals surface area (Å²) in [6.45, 7) is 7.86. The number of halogens is 1. The van der Waals surface area contributed by atoms with Gasteiger partial charge in [-0.05, 0) is 12.8 Å². The number of unbranched alkanes of at least 4 members (excludes halogenated alkanes) is 1. The molecule has 7 heteroatoms. The molecule has 0 saturated heterocycles. The zero-order valence-electron chi connectivity index (χ0n) is 20.0. The first kappa shape index (κ1) is 24.3. The Morgan fingerprint density at radius 1 is 0.971 bits per heavy atom. The first-order valence-electron chi connectivity index (χ1n) is 11.7. The van der Waals surface area contributed by atoms with Crippen molar-refractivity contribution in [3.05, 3.63) is 84.6 Å². The van der Waals surface area contributed by atoms with Gasteiger partial charge in [0, 0.05) is 19.2 Å². The molecule has 2 aromatic carbocycles. The van der Waals surface area contributed by atoms with Crippen LogP contribution in [0.1, 0.15) is 39.4 Å². The Bertz CT molecular complexity index is 1180. The third-order valence-corrected chi connectivity index (χ3v) is 11.3. The van der Waals surface area contributed by atoms with E-state index in [-0.39, 0.29) is 11.6 Å². The van der Waals surface area contributed by atoms with Crippen LogP contribution in [0, 0.1) is 5.82 Å². The monoisotopic (exact) mass is 477 g/mol. The lowest BCUT2D eigenvalue weighted by molar-refractivity contribution is 0.262. The van der Waals surface area contributed by atoms with E-state index >= 15 is 0 Å². The maximum Gasteiger partial charge on any atom is 0.160 e. The first-order chi connectivity index (χ1) is 16.4. The van der Waals surface area contributed by atoms with Crippen LogP contribution in [-0.2, 0) is 17.6 Å². The number of aliphatic hydroxyl groups excluding tert-OH is 1. The summed E-state index contributed by atoms with van der Waals surface area (Å²) in [5, 5.41) is 12.2. The summed E-state index contributed by atoms with van der Waals surface area (Å²) in [6, 6.07) is 22.6. The van der Waals surface area contributed by atoms with Crippen molar-refractivity contribution in [1.29, 1.82) is 0 Å². The number of hydrogen-bond acceptors (Lipinski definition) is 4. The number of benzene rings is 2. The molecule has 0 fully saturated rings. The van der Waals surface area contributed by atoms with Crippen molar-refractivity contribution in [2.45, 2.75) is 51.8 Å². The predicted molar refractivity (Wildman–Crippen MR) is 136 cm³/mol. The number of imidazole rings is 1. The van der Waals surface area contributed by atoms with Gasteiger partial charge >= 0.3 is 0 Å². The van der Waals surface area contributed by atoms with Gasteiger partial charge in [-0.25, -0.2) is 14.4 Å². The number of nitrogens with zero attached hydrogens (tertiary/aromatic N) is 3. The SMILES string of the molecule is CC(C)(C)[Si-](OCCCCn1c(CO)nc2cc(F)cnc21)(c1ccccc1)c1ccccc1. The molecule has 0 aliphatic rings. The fourth-order valence-electron chi connectivity index (χ4n) is 4.75. The van der Waals surface area contributed by atoms with Crippen LogP contribution in [-0.4, -0.2) is 34.6 Å². The average Bonchev–Trinajstić information content (AvgIpc) is 3.18. The number of hydrogen-bond donors (Lipinski definition) is 1. The Labute approximate surface area is 201 Å². The van der Waals surface area contributed by atoms with Crippen molar-refractivity contribution in [3.63, 3.8) is 0 Å². The van der Waals surface area contributed by atoms with Crippen molar-refractivity contribution < 1.29 is 13.9 Å². The molecule has 179 valence electrons. The zero-order valence-corrected chi connectivity index (χ0v) is 21.0. The number of rotatable bonds is 9. The summed E-state index contributed by atoms with van der Waals surface area (Å²) < 4.78 is 22.4. The molecule has 2 heterocycles. The van der Waals surface area contributed by atoms with E-state index in [1.54, 1.807) is 0 Å². The zero-order chi connectivity index (χ0) is 24.2. The standard InChI is InChI=1S/C27H32FN3O2Si/c1-27(2,3)34(22-12-6-4-7-13-22,23-14-8-5-9-15-23)33-17-11-10-16-31-25(20-32)30-24-18-21(28)19-29-26(24)31/h4-9,12-15,18-19,32H,10-11,16-17,20H2,1-3H3/q-1. The fraction of sp³-hybridized carbons (Fsp3) is 0.333. The summed E-state index contributed by atoms with van der Waals surface area (Å²) in [4.78, 5) is 8.52. The lowest BCUT2D eigenvalue weighted by atomic mass is 10.2. The van der Waals surface area contributed by atoms with E-state index in [9.17, 15) is 9.50 Å². The highest BCUT2D eigenvalue weighted by atomic mass is 28.4. The lowest BCUT2D eigenvalue weighted by Gasteiger charge is -2.55. The third kappa shape index (κ3) is 4.69. The highest BCUT2D eigenvalue weighted by Crippen LogP contribution is 2.36. The molecular weight excluding hydrogens is 445 g/mol. The normalized spacial score (nSPS) is 12.4. The van der Waals surface area contributed by atoms with Gasteiger partial charge in [-0.3, -0.25) is 0 Å². The number of aromatic nitrogens is 3. The number of pyridine rings is 1. The molecule has 0 atom stereocenters. The van der Waals surface area contributed by atoms with Crippen LogP contribution < -0.4 is 10.4 Å². The maximum atomic E-state index is 13.5. The van der Waals surface area contributed by atoms with Crippen LogP contribution in [0.2, 0.25) is 5.04 Å². The molecule has 0 spiro atoms. The molecule has 0 amide bonds. The molecular formula is C27H32FN3O2Si-. The molecule has 0 aliphatic heterocycles. The molecule has 2 aromatic heterocycles. The van der Waals surface area contributed by atoms with Gasteiger partial charge in [-0.15, -0.1) is 5.04 Å². The summed E-state index contributed by atoms with van der Waals surface area (Å²) in [6.07, 6.45) is 2.86. The first-order valence-corrected chi connectivity index (χ1v) is 13.6. The number of aryl methyl sites for hydroxylation is 1. The summed E-state index contributed by atoms with van der Waals surface area (Å²) >= 11 is 0. The summed E-state index contributed by atoms with van der Waals surface area (Å²) in [7, 11) is -2.55. The number of aliphatic hydroxyl groups is 1. The van der Waals surface area contributed by atoms with Crippen LogP contribution in [0.5, 0.6) is 0 Å². The minimum absolute atomic E-state index is 0.0612. The van der Waals surface area contributed by atoms with Gasteiger partial charge in [-0.1, -0.05) is 81.4 Å². The molecule has 5 nitrogen and oxygen atoms in total. The third-order valence-electron chi connectivity index (χ3n) is 6.28. The highest BCUT2D eigenvalue weighted by molar-refractivity contribution is 6.99. The molecule has 0 saturated carbocycles. The van der Waals surface area contributed by atoms with Gasteiger partial charge in [-0.2, -0.15) is 10.4 Å². The molecule has 0 radical (unpaired) electrons. The smallest absolute Gasteiger partial charge is 0.160 e. The highest BCUT2D eigenvalue weighted by Gasteiger charge is 2.36. The molecule has 34 heavy (non-hydrogen) atoms. The van der Waals surface area contributed by atoms with Gasteiger partial charge in [0.1, 0.15) is 23.8 Å². The van der Waals surface area contributed by atoms with Gasteiger partial charge in [0.2, 0.25) is 0 Å². The van der Waals surface area contributed by atoms with Gasteiger partial charge < -0.3 is 14.1 Å². The van der Waals surface area contributed by atoms with E-state index in [1.165, 1.54) is 22.6 Å². The van der Waals surface area contributed by atoms with Gasteiger partial charge in [0.05, 0.1) is 14.5 Å². The Morgan fingerprint density at radius 2 is 1.59 bits per heavy atom. The summed E-state index contributed by atoms with van der Waals surface area (Å²) in [5.41, 5.74) is 1.06. The van der Waals surface area contributed by atoms with E-state index in [0.29, 0.717) is 30.1 Å². The molecule has 0 aliphatic carbocycles.